The first-order valence-corrected chi connectivity index (χ1v) is 16.8. The molecule has 2 aliphatic rings. The maximum Gasteiger partial charge on any atom is 0.0541 e. The van der Waals surface area contributed by atoms with Gasteiger partial charge < -0.3 is 9.47 Å². The molecule has 0 saturated heterocycles. The fourth-order valence-electron chi connectivity index (χ4n) is 7.75. The van der Waals surface area contributed by atoms with Gasteiger partial charge in [-0.25, -0.2) is 0 Å². The Balaban J connectivity index is 1.20. The molecule has 2 nitrogen and oxygen atoms in total. The summed E-state index contributed by atoms with van der Waals surface area (Å²) in [5.41, 5.74) is 15.1. The molecule has 0 N–H and O–H groups in total. The molecule has 1 aromatic heterocycles. The minimum absolute atomic E-state index is 0.0451. The minimum Gasteiger partial charge on any atom is -0.311 e. The molecule has 0 radical (unpaired) electrons. The highest BCUT2D eigenvalue weighted by Crippen LogP contribution is 2.50. The van der Waals surface area contributed by atoms with Crippen molar-refractivity contribution in [2.45, 2.75) is 46.0 Å². The van der Waals surface area contributed by atoms with E-state index in [-0.39, 0.29) is 5.41 Å². The Kier molecular flexibility index (Phi) is 7.10. The zero-order valence-electron chi connectivity index (χ0n) is 27.7. The number of nitrogens with zero attached hydrogens (tertiary/aromatic N) is 2. The third-order valence-corrected chi connectivity index (χ3v) is 10.1. The second-order valence-corrected chi connectivity index (χ2v) is 13.2. The monoisotopic (exact) mass is 608 g/mol. The lowest BCUT2D eigenvalue weighted by atomic mass is 9.82. The van der Waals surface area contributed by atoms with Gasteiger partial charge in [-0.2, -0.15) is 0 Å². The quantitative estimate of drug-likeness (QED) is 0.171. The van der Waals surface area contributed by atoms with E-state index in [0.29, 0.717) is 0 Å². The van der Waals surface area contributed by atoms with E-state index < -0.39 is 0 Å². The summed E-state index contributed by atoms with van der Waals surface area (Å²) in [6.07, 6.45) is 15.6. The lowest BCUT2D eigenvalue weighted by Crippen LogP contribution is -2.19. The molecular formula is C45H40N2. The number of benzene rings is 5. The maximum atomic E-state index is 2.43. The van der Waals surface area contributed by atoms with Gasteiger partial charge in [0.1, 0.15) is 0 Å². The van der Waals surface area contributed by atoms with Gasteiger partial charge in [0.2, 0.25) is 0 Å². The van der Waals surface area contributed by atoms with E-state index in [1.54, 1.807) is 0 Å². The van der Waals surface area contributed by atoms with Crippen molar-refractivity contribution < 1.29 is 0 Å². The molecule has 0 unspecified atom stereocenters. The first kappa shape index (κ1) is 29.1. The molecule has 5 aromatic carbocycles. The van der Waals surface area contributed by atoms with Crippen LogP contribution in [0.4, 0.5) is 11.4 Å². The van der Waals surface area contributed by atoms with E-state index in [1.165, 1.54) is 78.0 Å². The largest absolute Gasteiger partial charge is 0.311 e. The van der Waals surface area contributed by atoms with Gasteiger partial charge in [-0.1, -0.05) is 105 Å². The van der Waals surface area contributed by atoms with Gasteiger partial charge in [0.25, 0.3) is 0 Å². The van der Waals surface area contributed by atoms with Crippen molar-refractivity contribution in [2.24, 2.45) is 0 Å². The standard InChI is InChI=1S/C45H40N2/c1-5-14-33(6-2)47-43-20-13-11-18-39(43)40-29-32(23-28-44(40)47)31-21-24-35(25-22-31)46(34-15-8-7-9-16-34)36-26-27-38-37-17-10-12-19-41(37)45(3,4)42(38)30-36/h5-6,8,10-30H,7,9H2,1-4H3/b14-5-,33-6+. The zero-order valence-corrected chi connectivity index (χ0v) is 27.7. The molecule has 6 aromatic rings. The Morgan fingerprint density at radius 1 is 0.681 bits per heavy atom. The third-order valence-electron chi connectivity index (χ3n) is 10.1. The molecule has 8 rings (SSSR count). The molecule has 0 amide bonds. The van der Waals surface area contributed by atoms with E-state index in [4.69, 9.17) is 0 Å². The molecular weight excluding hydrogens is 569 g/mol. The Labute approximate surface area is 278 Å². The predicted octanol–water partition coefficient (Wildman–Crippen LogP) is 12.6. The van der Waals surface area contributed by atoms with Crippen molar-refractivity contribution in [2.75, 3.05) is 4.90 Å². The van der Waals surface area contributed by atoms with Crippen LogP contribution in [-0.4, -0.2) is 4.57 Å². The molecule has 0 aliphatic heterocycles. The topological polar surface area (TPSA) is 8.17 Å². The molecule has 0 fully saturated rings. The fourth-order valence-corrected chi connectivity index (χ4v) is 7.75. The third kappa shape index (κ3) is 4.70. The van der Waals surface area contributed by atoms with Crippen LogP contribution in [0.1, 0.15) is 51.7 Å². The van der Waals surface area contributed by atoms with Crippen LogP contribution >= 0.6 is 0 Å². The first-order chi connectivity index (χ1) is 23.0. The van der Waals surface area contributed by atoms with Crippen LogP contribution < -0.4 is 4.90 Å². The second-order valence-electron chi connectivity index (χ2n) is 13.2. The number of fused-ring (bicyclic) bond motifs is 6. The van der Waals surface area contributed by atoms with Gasteiger partial charge in [-0.3, -0.25) is 0 Å². The molecule has 47 heavy (non-hydrogen) atoms. The van der Waals surface area contributed by atoms with Gasteiger partial charge in [-0.05, 0) is 115 Å². The molecule has 0 saturated carbocycles. The molecule has 1 heterocycles. The van der Waals surface area contributed by atoms with Crippen LogP contribution in [0.2, 0.25) is 0 Å². The Morgan fingerprint density at radius 2 is 1.40 bits per heavy atom. The normalized spacial score (nSPS) is 15.3. The number of hydrogen-bond acceptors (Lipinski definition) is 1. The van der Waals surface area contributed by atoms with Crippen molar-refractivity contribution in [3.8, 4) is 22.3 Å². The summed E-state index contributed by atoms with van der Waals surface area (Å²) in [5.74, 6) is 0. The summed E-state index contributed by atoms with van der Waals surface area (Å²) in [7, 11) is 0. The SMILES string of the molecule is C/C=C\C(=C/C)n1c2ccccc2c2cc(-c3ccc(N(C4=CCCC=C4)c4ccc5c(c4)C(C)(C)c4ccccc4-5)cc3)ccc21. The van der Waals surface area contributed by atoms with Gasteiger partial charge in [-0.15, -0.1) is 0 Å². The van der Waals surface area contributed by atoms with Gasteiger partial charge in [0.05, 0.1) is 11.0 Å². The fraction of sp³-hybridized carbons (Fsp3) is 0.156. The maximum absolute atomic E-state index is 2.43. The van der Waals surface area contributed by atoms with Gasteiger partial charge in [0, 0.05) is 39.0 Å². The highest BCUT2D eigenvalue weighted by molar-refractivity contribution is 6.11. The van der Waals surface area contributed by atoms with Gasteiger partial charge in [0.15, 0.2) is 0 Å². The molecule has 0 bridgehead atoms. The van der Waals surface area contributed by atoms with Crippen molar-refractivity contribution in [1.29, 1.82) is 0 Å². The number of aromatic nitrogens is 1. The van der Waals surface area contributed by atoms with Crippen LogP contribution in [0.5, 0.6) is 0 Å². The van der Waals surface area contributed by atoms with Crippen LogP contribution in [-0.2, 0) is 5.41 Å². The lowest BCUT2D eigenvalue weighted by Gasteiger charge is -2.29. The van der Waals surface area contributed by atoms with Crippen molar-refractivity contribution in [1.82, 2.24) is 4.57 Å². The minimum atomic E-state index is -0.0451. The van der Waals surface area contributed by atoms with E-state index in [0.717, 1.165) is 12.8 Å². The van der Waals surface area contributed by atoms with Crippen molar-refractivity contribution in [3.63, 3.8) is 0 Å². The number of anilines is 2. The number of rotatable bonds is 6. The van der Waals surface area contributed by atoms with E-state index in [2.05, 4.69) is 183 Å². The Hall–Kier alpha value is -5.34. The highest BCUT2D eigenvalue weighted by Gasteiger charge is 2.35. The lowest BCUT2D eigenvalue weighted by molar-refractivity contribution is 0.660. The van der Waals surface area contributed by atoms with Crippen molar-refractivity contribution in [3.05, 3.63) is 162 Å². The highest BCUT2D eigenvalue weighted by atomic mass is 15.1. The Morgan fingerprint density at radius 3 is 2.19 bits per heavy atom. The van der Waals surface area contributed by atoms with Crippen LogP contribution in [0, 0.1) is 0 Å². The molecule has 230 valence electrons. The summed E-state index contributed by atoms with van der Waals surface area (Å²) < 4.78 is 2.37. The summed E-state index contributed by atoms with van der Waals surface area (Å²) in [4.78, 5) is 2.43. The number of hydrogen-bond donors (Lipinski definition) is 0. The molecule has 2 heteroatoms. The smallest absolute Gasteiger partial charge is 0.0541 e. The van der Waals surface area contributed by atoms with E-state index >= 15 is 0 Å². The molecule has 0 spiro atoms. The summed E-state index contributed by atoms with van der Waals surface area (Å²) >= 11 is 0. The average molecular weight is 609 g/mol. The van der Waals surface area contributed by atoms with Crippen LogP contribution in [0.15, 0.2) is 151 Å². The zero-order chi connectivity index (χ0) is 32.1. The number of allylic oxidation sites excluding steroid dienone is 7. The van der Waals surface area contributed by atoms with Gasteiger partial charge >= 0.3 is 0 Å². The van der Waals surface area contributed by atoms with Crippen LogP contribution in [0.25, 0.3) is 49.8 Å². The molecule has 0 atom stereocenters. The first-order valence-electron chi connectivity index (χ1n) is 16.8. The van der Waals surface area contributed by atoms with Crippen LogP contribution in [0.3, 0.4) is 0 Å². The summed E-state index contributed by atoms with van der Waals surface area (Å²) in [6.45, 7) is 8.89. The molecule has 2 aliphatic carbocycles. The van der Waals surface area contributed by atoms with Crippen molar-refractivity contribution >= 4 is 38.9 Å². The predicted molar refractivity (Wildman–Crippen MR) is 202 cm³/mol. The summed E-state index contributed by atoms with van der Waals surface area (Å²) in [5, 5.41) is 2.54. The van der Waals surface area contributed by atoms with E-state index in [1.807, 2.05) is 0 Å². The number of para-hydroxylation sites is 1. The Bertz CT molecular complexity index is 2290. The van der Waals surface area contributed by atoms with E-state index in [9.17, 15) is 0 Å². The second kappa shape index (κ2) is 11.5. The average Bonchev–Trinajstić information content (AvgIpc) is 3.56. The summed E-state index contributed by atoms with van der Waals surface area (Å²) in [6, 6.07) is 40.7.